The van der Waals surface area contributed by atoms with Crippen molar-refractivity contribution in [1.82, 2.24) is 9.97 Å². The predicted octanol–water partition coefficient (Wildman–Crippen LogP) is 2.37. The summed E-state index contributed by atoms with van der Waals surface area (Å²) >= 11 is 0. The van der Waals surface area contributed by atoms with Crippen LogP contribution in [0.5, 0.6) is 0 Å². The van der Waals surface area contributed by atoms with Crippen LogP contribution in [-0.2, 0) is 0 Å². The molecule has 1 aliphatic carbocycles. The van der Waals surface area contributed by atoms with Crippen LogP contribution in [0.15, 0.2) is 12.4 Å². The molecule has 16 heavy (non-hydrogen) atoms. The third-order valence-electron chi connectivity index (χ3n) is 3.63. The molecule has 1 heterocycles. The summed E-state index contributed by atoms with van der Waals surface area (Å²) in [6.07, 6.45) is 6.16. The Balaban J connectivity index is 1.94. The van der Waals surface area contributed by atoms with Gasteiger partial charge in [0.1, 0.15) is 11.6 Å². The molecule has 2 N–H and O–H groups in total. The van der Waals surface area contributed by atoms with Crippen LogP contribution in [0.2, 0.25) is 0 Å². The van der Waals surface area contributed by atoms with E-state index in [1.807, 2.05) is 7.05 Å². The van der Waals surface area contributed by atoms with Crippen molar-refractivity contribution in [2.24, 2.45) is 11.3 Å². The van der Waals surface area contributed by atoms with Crippen LogP contribution in [0.25, 0.3) is 0 Å². The van der Waals surface area contributed by atoms with Crippen molar-refractivity contribution in [3.8, 4) is 0 Å². The monoisotopic (exact) mass is 220 g/mol. The smallest absolute Gasteiger partial charge is 0.146 e. The minimum Gasteiger partial charge on any atom is -0.372 e. The SMILES string of the molecule is CNc1cncc(NCC2(C(C)C)CC2)n1. The molecule has 0 atom stereocenters. The molecule has 1 aromatic rings. The standard InChI is InChI=1S/C12H20N4/c1-9(2)12(4-5-12)8-15-11-7-14-6-10(13-3)16-11/h6-7,9H,4-5,8H2,1-3H3,(H2,13,15,16). The van der Waals surface area contributed by atoms with Crippen LogP contribution in [-0.4, -0.2) is 23.6 Å². The molecule has 0 aromatic carbocycles. The van der Waals surface area contributed by atoms with Crippen LogP contribution in [0.1, 0.15) is 26.7 Å². The Morgan fingerprint density at radius 3 is 2.56 bits per heavy atom. The Labute approximate surface area is 96.9 Å². The largest absolute Gasteiger partial charge is 0.372 e. The van der Waals surface area contributed by atoms with Crippen molar-refractivity contribution in [3.63, 3.8) is 0 Å². The van der Waals surface area contributed by atoms with Crippen LogP contribution >= 0.6 is 0 Å². The second-order valence-corrected chi connectivity index (χ2v) is 4.91. The lowest BCUT2D eigenvalue weighted by Gasteiger charge is -2.20. The lowest BCUT2D eigenvalue weighted by Crippen LogP contribution is -2.21. The first-order chi connectivity index (χ1) is 7.66. The van der Waals surface area contributed by atoms with E-state index < -0.39 is 0 Å². The van der Waals surface area contributed by atoms with Gasteiger partial charge in [0.05, 0.1) is 12.4 Å². The minimum atomic E-state index is 0.497. The fourth-order valence-corrected chi connectivity index (χ4v) is 1.96. The second-order valence-electron chi connectivity index (χ2n) is 4.91. The maximum absolute atomic E-state index is 4.40. The van der Waals surface area contributed by atoms with Gasteiger partial charge in [0.15, 0.2) is 0 Å². The molecule has 0 radical (unpaired) electrons. The number of hydrogen-bond donors (Lipinski definition) is 2. The van der Waals surface area contributed by atoms with E-state index in [9.17, 15) is 0 Å². The summed E-state index contributed by atoms with van der Waals surface area (Å²) in [4.78, 5) is 8.53. The van der Waals surface area contributed by atoms with Crippen molar-refractivity contribution in [1.29, 1.82) is 0 Å². The first-order valence-electron chi connectivity index (χ1n) is 5.90. The maximum atomic E-state index is 4.40. The highest BCUT2D eigenvalue weighted by atomic mass is 15.1. The molecule has 0 amide bonds. The normalized spacial score (nSPS) is 17.2. The number of nitrogens with zero attached hydrogens (tertiary/aromatic N) is 2. The Kier molecular flexibility index (Phi) is 2.99. The molecule has 1 fully saturated rings. The average Bonchev–Trinajstić information content (AvgIpc) is 3.08. The molecule has 4 heteroatoms. The second kappa shape index (κ2) is 4.28. The number of rotatable bonds is 5. The molecule has 0 unspecified atom stereocenters. The first kappa shape index (κ1) is 11.2. The molecule has 0 bridgehead atoms. The van der Waals surface area contributed by atoms with Crippen molar-refractivity contribution in [2.75, 3.05) is 24.2 Å². The van der Waals surface area contributed by atoms with Crippen LogP contribution in [0.4, 0.5) is 11.6 Å². The van der Waals surface area contributed by atoms with E-state index in [-0.39, 0.29) is 0 Å². The molecule has 0 saturated heterocycles. The van der Waals surface area contributed by atoms with Crippen molar-refractivity contribution in [3.05, 3.63) is 12.4 Å². The lowest BCUT2D eigenvalue weighted by molar-refractivity contribution is 0.380. The molecule has 1 saturated carbocycles. The summed E-state index contributed by atoms with van der Waals surface area (Å²) in [5.41, 5.74) is 0.497. The molecule has 0 spiro atoms. The fourth-order valence-electron chi connectivity index (χ4n) is 1.96. The van der Waals surface area contributed by atoms with Gasteiger partial charge in [0, 0.05) is 13.6 Å². The van der Waals surface area contributed by atoms with Gasteiger partial charge in [0.25, 0.3) is 0 Å². The summed E-state index contributed by atoms with van der Waals surface area (Å²) < 4.78 is 0. The average molecular weight is 220 g/mol. The van der Waals surface area contributed by atoms with Gasteiger partial charge in [-0.15, -0.1) is 0 Å². The third-order valence-corrected chi connectivity index (χ3v) is 3.63. The van der Waals surface area contributed by atoms with E-state index in [1.165, 1.54) is 12.8 Å². The van der Waals surface area contributed by atoms with Gasteiger partial charge in [-0.3, -0.25) is 4.98 Å². The highest BCUT2D eigenvalue weighted by molar-refractivity contribution is 5.41. The highest BCUT2D eigenvalue weighted by Crippen LogP contribution is 2.51. The van der Waals surface area contributed by atoms with Crippen molar-refractivity contribution < 1.29 is 0 Å². The highest BCUT2D eigenvalue weighted by Gasteiger charge is 2.44. The van der Waals surface area contributed by atoms with Gasteiger partial charge in [-0.05, 0) is 24.2 Å². The fraction of sp³-hybridized carbons (Fsp3) is 0.667. The molecule has 88 valence electrons. The van der Waals surface area contributed by atoms with E-state index in [0.717, 1.165) is 24.1 Å². The van der Waals surface area contributed by atoms with Gasteiger partial charge in [-0.25, -0.2) is 4.98 Å². The molecule has 4 nitrogen and oxygen atoms in total. The molecule has 2 rings (SSSR count). The Bertz CT molecular complexity index is 358. The summed E-state index contributed by atoms with van der Waals surface area (Å²) in [6.45, 7) is 5.60. The molecule has 0 aliphatic heterocycles. The van der Waals surface area contributed by atoms with E-state index in [0.29, 0.717) is 5.41 Å². The topological polar surface area (TPSA) is 49.8 Å². The first-order valence-corrected chi connectivity index (χ1v) is 5.90. The number of hydrogen-bond acceptors (Lipinski definition) is 4. The minimum absolute atomic E-state index is 0.497. The number of aromatic nitrogens is 2. The van der Waals surface area contributed by atoms with E-state index >= 15 is 0 Å². The van der Waals surface area contributed by atoms with Gasteiger partial charge in [0.2, 0.25) is 0 Å². The van der Waals surface area contributed by atoms with Gasteiger partial charge < -0.3 is 10.6 Å². The summed E-state index contributed by atoms with van der Waals surface area (Å²) in [5, 5.41) is 6.38. The van der Waals surface area contributed by atoms with Gasteiger partial charge in [-0.1, -0.05) is 13.8 Å². The van der Waals surface area contributed by atoms with E-state index in [1.54, 1.807) is 12.4 Å². The third kappa shape index (κ3) is 2.26. The Morgan fingerprint density at radius 2 is 2.00 bits per heavy atom. The quantitative estimate of drug-likeness (QED) is 0.800. The number of anilines is 2. The zero-order valence-electron chi connectivity index (χ0n) is 10.2. The Hall–Kier alpha value is -1.32. The Morgan fingerprint density at radius 1 is 1.31 bits per heavy atom. The van der Waals surface area contributed by atoms with E-state index in [2.05, 4.69) is 34.4 Å². The van der Waals surface area contributed by atoms with Crippen LogP contribution < -0.4 is 10.6 Å². The van der Waals surface area contributed by atoms with Crippen LogP contribution in [0.3, 0.4) is 0 Å². The number of nitrogens with one attached hydrogen (secondary N) is 2. The predicted molar refractivity (Wildman–Crippen MR) is 66.6 cm³/mol. The molecule has 1 aromatic heterocycles. The summed E-state index contributed by atoms with van der Waals surface area (Å²) in [6, 6.07) is 0. The zero-order chi connectivity index (χ0) is 11.6. The molecule has 1 aliphatic rings. The van der Waals surface area contributed by atoms with Crippen LogP contribution in [0, 0.1) is 11.3 Å². The lowest BCUT2D eigenvalue weighted by atomic mass is 9.92. The molecular formula is C12H20N4. The summed E-state index contributed by atoms with van der Waals surface area (Å²) in [5.74, 6) is 2.40. The van der Waals surface area contributed by atoms with Gasteiger partial charge in [-0.2, -0.15) is 0 Å². The molecular weight excluding hydrogens is 200 g/mol. The summed E-state index contributed by atoms with van der Waals surface area (Å²) in [7, 11) is 1.85. The zero-order valence-corrected chi connectivity index (χ0v) is 10.2. The maximum Gasteiger partial charge on any atom is 0.146 e. The van der Waals surface area contributed by atoms with Gasteiger partial charge >= 0.3 is 0 Å². The van der Waals surface area contributed by atoms with Crippen molar-refractivity contribution >= 4 is 11.6 Å². The van der Waals surface area contributed by atoms with E-state index in [4.69, 9.17) is 0 Å². The van der Waals surface area contributed by atoms with Crippen molar-refractivity contribution in [2.45, 2.75) is 26.7 Å².